The lowest BCUT2D eigenvalue weighted by molar-refractivity contribution is 0.533. The van der Waals surface area contributed by atoms with Crippen LogP contribution in [0.2, 0.25) is 0 Å². The van der Waals surface area contributed by atoms with Crippen LogP contribution in [0.25, 0.3) is 0 Å². The van der Waals surface area contributed by atoms with Crippen molar-refractivity contribution in [2.24, 2.45) is 0 Å². The van der Waals surface area contributed by atoms with Crippen molar-refractivity contribution < 1.29 is 0 Å². The Hall–Kier alpha value is -0.260. The molecule has 0 aliphatic rings. The van der Waals surface area contributed by atoms with Gasteiger partial charge in [-0.05, 0) is 25.3 Å². The smallest absolute Gasteiger partial charge is 0.0308 e. The zero-order valence-corrected chi connectivity index (χ0v) is 15.1. The molecule has 0 rings (SSSR count). The van der Waals surface area contributed by atoms with Gasteiger partial charge in [-0.25, -0.2) is 0 Å². The summed E-state index contributed by atoms with van der Waals surface area (Å²) in [5.41, 5.74) is 0. The standard InChI is InChI=1S/C21H41/c1-3-5-7-9-11-13-15-17-19-21-20-18-16-14-12-10-8-6-4-2/h8H,3-5,7,9-21H2,1-2H3. The molecule has 0 bridgehead atoms. The van der Waals surface area contributed by atoms with E-state index in [-0.39, 0.29) is 0 Å². The quantitative estimate of drug-likeness (QED) is 0.238. The maximum atomic E-state index is 3.27. The third-order valence-electron chi connectivity index (χ3n) is 4.30. The summed E-state index contributed by atoms with van der Waals surface area (Å²) in [7, 11) is 0. The summed E-state index contributed by atoms with van der Waals surface area (Å²) in [5.74, 6) is 0. The third kappa shape index (κ3) is 19.7. The third-order valence-corrected chi connectivity index (χ3v) is 4.30. The van der Waals surface area contributed by atoms with Crippen molar-refractivity contribution in [1.29, 1.82) is 0 Å². The molecule has 0 aromatic rings. The Morgan fingerprint density at radius 3 is 1.29 bits per heavy atom. The van der Waals surface area contributed by atoms with Crippen LogP contribution in [0.1, 0.15) is 123 Å². The minimum Gasteiger partial charge on any atom is -0.0811 e. The Labute approximate surface area is 135 Å². The second-order valence-electron chi connectivity index (χ2n) is 6.50. The van der Waals surface area contributed by atoms with E-state index in [9.17, 15) is 0 Å². The number of hydrogen-bond acceptors (Lipinski definition) is 0. The molecule has 0 N–H and O–H groups in total. The zero-order chi connectivity index (χ0) is 15.4. The van der Waals surface area contributed by atoms with Crippen LogP contribution in [0.3, 0.4) is 0 Å². The van der Waals surface area contributed by atoms with E-state index in [1.165, 1.54) is 103 Å². The topological polar surface area (TPSA) is 0 Å². The molecule has 0 fully saturated rings. The summed E-state index contributed by atoms with van der Waals surface area (Å²) < 4.78 is 0. The predicted octanol–water partition coefficient (Wildman–Crippen LogP) is 8.02. The van der Waals surface area contributed by atoms with Crippen LogP contribution in [0.4, 0.5) is 0 Å². The first-order valence-corrected chi connectivity index (χ1v) is 9.96. The highest BCUT2D eigenvalue weighted by atomic mass is 14.0. The van der Waals surface area contributed by atoms with Gasteiger partial charge >= 0.3 is 0 Å². The molecule has 0 saturated carbocycles. The van der Waals surface area contributed by atoms with Crippen LogP contribution in [0, 0.1) is 6.08 Å². The average Bonchev–Trinajstić information content (AvgIpc) is 2.50. The van der Waals surface area contributed by atoms with Gasteiger partial charge in [-0.1, -0.05) is 110 Å². The molecule has 0 aliphatic carbocycles. The number of unbranched alkanes of at least 4 members (excludes halogenated alkanes) is 15. The van der Waals surface area contributed by atoms with Gasteiger partial charge in [0.2, 0.25) is 0 Å². The molecule has 0 aromatic carbocycles. The van der Waals surface area contributed by atoms with E-state index < -0.39 is 0 Å². The van der Waals surface area contributed by atoms with E-state index in [1.807, 2.05) is 0 Å². The molecule has 0 nitrogen and oxygen atoms in total. The van der Waals surface area contributed by atoms with Crippen molar-refractivity contribution in [1.82, 2.24) is 0 Å². The maximum Gasteiger partial charge on any atom is -0.0308 e. The fraction of sp³-hybridized carbons (Fsp3) is 0.905. The molecular formula is C21H41. The molecule has 0 atom stereocenters. The Morgan fingerprint density at radius 1 is 0.524 bits per heavy atom. The largest absolute Gasteiger partial charge is 0.0811 e. The highest BCUT2D eigenvalue weighted by molar-refractivity contribution is 4.71. The van der Waals surface area contributed by atoms with E-state index in [0.29, 0.717) is 0 Å². The van der Waals surface area contributed by atoms with Crippen LogP contribution in [0.5, 0.6) is 0 Å². The molecule has 21 heavy (non-hydrogen) atoms. The molecule has 1 radical (unpaired) electrons. The van der Waals surface area contributed by atoms with Gasteiger partial charge in [-0.2, -0.15) is 0 Å². The van der Waals surface area contributed by atoms with E-state index >= 15 is 0 Å². The maximum absolute atomic E-state index is 3.27. The molecule has 0 saturated heterocycles. The van der Waals surface area contributed by atoms with Crippen LogP contribution in [-0.4, -0.2) is 0 Å². The van der Waals surface area contributed by atoms with Crippen molar-refractivity contribution >= 4 is 0 Å². The Morgan fingerprint density at radius 2 is 0.905 bits per heavy atom. The lowest BCUT2D eigenvalue weighted by atomic mass is 10.0. The monoisotopic (exact) mass is 293 g/mol. The van der Waals surface area contributed by atoms with Crippen LogP contribution in [-0.2, 0) is 0 Å². The highest BCUT2D eigenvalue weighted by Gasteiger charge is 1.93. The summed E-state index contributed by atoms with van der Waals surface area (Å²) in [5, 5.41) is 0. The van der Waals surface area contributed by atoms with Crippen LogP contribution < -0.4 is 0 Å². The van der Waals surface area contributed by atoms with Gasteiger partial charge in [-0.3, -0.25) is 0 Å². The fourth-order valence-electron chi connectivity index (χ4n) is 2.86. The molecule has 125 valence electrons. The van der Waals surface area contributed by atoms with Gasteiger partial charge in [0.05, 0.1) is 0 Å². The van der Waals surface area contributed by atoms with Gasteiger partial charge in [0.15, 0.2) is 0 Å². The lowest BCUT2D eigenvalue weighted by Gasteiger charge is -2.03. The van der Waals surface area contributed by atoms with E-state index in [0.717, 1.165) is 6.42 Å². The first-order valence-electron chi connectivity index (χ1n) is 9.96. The molecular weight excluding hydrogens is 252 g/mol. The zero-order valence-electron chi connectivity index (χ0n) is 15.1. The minimum atomic E-state index is 1.07. The number of rotatable bonds is 17. The predicted molar refractivity (Wildman–Crippen MR) is 97.7 cm³/mol. The molecule has 0 heteroatoms. The van der Waals surface area contributed by atoms with Gasteiger partial charge < -0.3 is 0 Å². The second-order valence-corrected chi connectivity index (χ2v) is 6.50. The van der Waals surface area contributed by atoms with Gasteiger partial charge in [0, 0.05) is 0 Å². The number of allylic oxidation sites excluding steroid dienone is 2. The van der Waals surface area contributed by atoms with Gasteiger partial charge in [-0.15, -0.1) is 0 Å². The van der Waals surface area contributed by atoms with Crippen molar-refractivity contribution in [3.63, 3.8) is 0 Å². The second kappa shape index (κ2) is 19.7. The summed E-state index contributed by atoms with van der Waals surface area (Å²) in [6, 6.07) is 0. The SMILES string of the molecule is CC/[C]=C\CCCCCCCCCCCCCCCCC. The molecule has 0 aliphatic heterocycles. The number of hydrogen-bond donors (Lipinski definition) is 0. The Balaban J connectivity index is 2.95. The fourth-order valence-corrected chi connectivity index (χ4v) is 2.86. The lowest BCUT2D eigenvalue weighted by Crippen LogP contribution is -1.83. The summed E-state index contributed by atoms with van der Waals surface area (Å²) >= 11 is 0. The van der Waals surface area contributed by atoms with Crippen LogP contribution in [0.15, 0.2) is 6.08 Å². The highest BCUT2D eigenvalue weighted by Crippen LogP contribution is 2.13. The normalized spacial score (nSPS) is 11.5. The van der Waals surface area contributed by atoms with E-state index in [4.69, 9.17) is 0 Å². The summed E-state index contributed by atoms with van der Waals surface area (Å²) in [6.07, 6.45) is 29.6. The molecule has 0 unspecified atom stereocenters. The Bertz CT molecular complexity index is 192. The van der Waals surface area contributed by atoms with Crippen molar-refractivity contribution in [2.75, 3.05) is 0 Å². The molecule has 0 spiro atoms. The summed E-state index contributed by atoms with van der Waals surface area (Å²) in [4.78, 5) is 0. The minimum absolute atomic E-state index is 1.07. The average molecular weight is 294 g/mol. The van der Waals surface area contributed by atoms with Gasteiger partial charge in [0.1, 0.15) is 0 Å². The van der Waals surface area contributed by atoms with Crippen molar-refractivity contribution in [3.8, 4) is 0 Å². The molecule has 0 aromatic heterocycles. The van der Waals surface area contributed by atoms with E-state index in [1.54, 1.807) is 0 Å². The van der Waals surface area contributed by atoms with Crippen LogP contribution >= 0.6 is 0 Å². The first kappa shape index (κ1) is 20.7. The molecule has 0 heterocycles. The van der Waals surface area contributed by atoms with E-state index in [2.05, 4.69) is 26.0 Å². The summed E-state index contributed by atoms with van der Waals surface area (Å²) in [6.45, 7) is 4.45. The van der Waals surface area contributed by atoms with Crippen molar-refractivity contribution in [3.05, 3.63) is 12.2 Å². The Kier molecular flexibility index (Phi) is 19.5. The molecule has 0 amide bonds. The van der Waals surface area contributed by atoms with Gasteiger partial charge in [0.25, 0.3) is 0 Å². The van der Waals surface area contributed by atoms with Crippen molar-refractivity contribution in [2.45, 2.75) is 123 Å². The first-order chi connectivity index (χ1) is 10.4.